The fourth-order valence-corrected chi connectivity index (χ4v) is 6.13. The monoisotopic (exact) mass is 552 g/mol. The molecule has 0 saturated carbocycles. The van der Waals surface area contributed by atoms with Crippen molar-refractivity contribution in [2.75, 3.05) is 16.6 Å². The minimum Gasteiger partial charge on any atom is -0.266 e. The second kappa shape index (κ2) is 10.4. The number of hydrogen-bond acceptors (Lipinski definition) is 4. The molecule has 1 aliphatic heterocycles. The van der Waals surface area contributed by atoms with Crippen molar-refractivity contribution >= 4 is 62.9 Å². The van der Waals surface area contributed by atoms with Gasteiger partial charge in [0.15, 0.2) is 5.82 Å². The highest BCUT2D eigenvalue weighted by Gasteiger charge is 2.46. The van der Waals surface area contributed by atoms with Gasteiger partial charge in [-0.05, 0) is 30.3 Å². The summed E-state index contributed by atoms with van der Waals surface area (Å²) >= 11 is 18.8. The average molecular weight is 554 g/mol. The summed E-state index contributed by atoms with van der Waals surface area (Å²) in [7, 11) is -0.669. The van der Waals surface area contributed by atoms with Crippen molar-refractivity contribution in [2.45, 2.75) is 44.4 Å². The maximum atomic E-state index is 14.1. The highest BCUT2D eigenvalue weighted by Crippen LogP contribution is 2.44. The van der Waals surface area contributed by atoms with Gasteiger partial charge in [-0.2, -0.15) is 17.5 Å². The summed E-state index contributed by atoms with van der Waals surface area (Å²) < 4.78 is 46.6. The van der Waals surface area contributed by atoms with E-state index >= 15 is 0 Å². The van der Waals surface area contributed by atoms with E-state index < -0.39 is 28.5 Å². The number of anilines is 2. The number of allylic oxidation sites excluding steroid dienone is 1. The van der Waals surface area contributed by atoms with Gasteiger partial charge < -0.3 is 0 Å². The number of aromatic nitrogens is 1. The Bertz CT molecular complexity index is 1160. The number of nitrogens with zero attached hydrogens (tertiary/aromatic N) is 4. The van der Waals surface area contributed by atoms with Gasteiger partial charge in [-0.1, -0.05) is 73.2 Å². The molecule has 12 heteroatoms. The molecule has 0 atom stereocenters. The summed E-state index contributed by atoms with van der Waals surface area (Å²) in [6.45, 7) is 7.53. The highest BCUT2D eigenvalue weighted by atomic mass is 35.5. The molecule has 3 rings (SSSR count). The average Bonchev–Trinajstić information content (AvgIpc) is 3.16. The number of hydrazine groups is 1. The van der Waals surface area contributed by atoms with Crippen molar-refractivity contribution in [2.24, 2.45) is 4.36 Å². The zero-order valence-electron chi connectivity index (χ0n) is 18.7. The van der Waals surface area contributed by atoms with Gasteiger partial charge in [-0.3, -0.25) is 9.80 Å². The second-order valence-electron chi connectivity index (χ2n) is 7.91. The SMILES string of the molecule is CC(C)S(=NC(=O)c1cc(Cl)cc(Cl)c1N1C(C(F)(F)F)=CCN1c1ncccc1Cl)C(C)C. The van der Waals surface area contributed by atoms with Crippen molar-refractivity contribution in [1.29, 1.82) is 0 Å². The topological polar surface area (TPSA) is 48.8 Å². The van der Waals surface area contributed by atoms with E-state index in [1.807, 2.05) is 27.7 Å². The standard InChI is InChI=1S/C22H22Cl3F3N4OS/c1-12(2)34(13(3)4)30-21(33)15-10-14(23)11-17(25)19(15)32-18(22(26,27)28)7-9-31(32)20-16(24)6-5-8-29-20/h5-8,10-13H,9H2,1-4H3. The largest absolute Gasteiger partial charge is 0.433 e. The van der Waals surface area contributed by atoms with Crippen LogP contribution in [0.2, 0.25) is 15.1 Å². The van der Waals surface area contributed by atoms with E-state index in [0.29, 0.717) is 0 Å². The Morgan fingerprint density at radius 3 is 2.32 bits per heavy atom. The molecule has 0 N–H and O–H groups in total. The van der Waals surface area contributed by atoms with E-state index in [0.717, 1.165) is 11.1 Å². The predicted octanol–water partition coefficient (Wildman–Crippen LogP) is 7.49. The molecule has 0 radical (unpaired) electrons. The molecule has 184 valence electrons. The number of pyridine rings is 1. The molecule has 1 aliphatic rings. The van der Waals surface area contributed by atoms with Gasteiger partial charge >= 0.3 is 6.18 Å². The van der Waals surface area contributed by atoms with Crippen molar-refractivity contribution in [3.63, 3.8) is 0 Å². The first-order chi connectivity index (χ1) is 15.8. The smallest absolute Gasteiger partial charge is 0.266 e. The van der Waals surface area contributed by atoms with Crippen LogP contribution in [0.5, 0.6) is 0 Å². The van der Waals surface area contributed by atoms with Crippen LogP contribution in [0.25, 0.3) is 0 Å². The lowest BCUT2D eigenvalue weighted by Gasteiger charge is -2.35. The summed E-state index contributed by atoms with van der Waals surface area (Å²) in [5.74, 6) is -0.629. The molecular formula is C22H22Cl3F3N4OS. The van der Waals surface area contributed by atoms with Crippen LogP contribution in [0.15, 0.2) is 46.6 Å². The Balaban J connectivity index is 2.26. The maximum absolute atomic E-state index is 14.1. The third-order valence-electron chi connectivity index (χ3n) is 4.83. The Labute approximate surface area is 213 Å². The highest BCUT2D eigenvalue weighted by molar-refractivity contribution is 7.88. The van der Waals surface area contributed by atoms with Crippen LogP contribution in [-0.4, -0.2) is 34.1 Å². The summed E-state index contributed by atoms with van der Waals surface area (Å²) in [4.78, 5) is 17.5. The van der Waals surface area contributed by atoms with Crippen LogP contribution in [0, 0.1) is 0 Å². The zero-order chi connectivity index (χ0) is 25.4. The molecule has 0 aliphatic carbocycles. The lowest BCUT2D eigenvalue weighted by molar-refractivity contribution is -0.0927. The molecule has 0 saturated heterocycles. The number of rotatable bonds is 5. The van der Waals surface area contributed by atoms with Gasteiger partial charge in [0.25, 0.3) is 5.91 Å². The molecule has 0 spiro atoms. The molecule has 0 fully saturated rings. The van der Waals surface area contributed by atoms with Gasteiger partial charge in [0.2, 0.25) is 0 Å². The van der Waals surface area contributed by atoms with E-state index in [1.165, 1.54) is 29.4 Å². The molecule has 0 bridgehead atoms. The fourth-order valence-electron chi connectivity index (χ4n) is 3.54. The molecule has 2 heterocycles. The molecule has 1 amide bonds. The first kappa shape index (κ1) is 26.8. The predicted molar refractivity (Wildman–Crippen MR) is 134 cm³/mol. The van der Waals surface area contributed by atoms with Crippen molar-refractivity contribution < 1.29 is 18.0 Å². The van der Waals surface area contributed by atoms with E-state index in [-0.39, 0.29) is 49.2 Å². The summed E-state index contributed by atoms with van der Waals surface area (Å²) in [6.07, 6.45) is -2.36. The van der Waals surface area contributed by atoms with Crippen LogP contribution in [-0.2, 0) is 10.7 Å². The van der Waals surface area contributed by atoms with Crippen LogP contribution in [0.1, 0.15) is 38.1 Å². The number of alkyl halides is 3. The van der Waals surface area contributed by atoms with Crippen molar-refractivity contribution in [3.05, 3.63) is 62.9 Å². The molecule has 1 aromatic heterocycles. The van der Waals surface area contributed by atoms with Gasteiger partial charge in [0.1, 0.15) is 5.70 Å². The number of hydrogen-bond donors (Lipinski definition) is 0. The van der Waals surface area contributed by atoms with Crippen molar-refractivity contribution in [1.82, 2.24) is 4.98 Å². The quantitative estimate of drug-likeness (QED) is 0.385. The van der Waals surface area contributed by atoms with Crippen LogP contribution in [0.3, 0.4) is 0 Å². The zero-order valence-corrected chi connectivity index (χ0v) is 21.8. The molecule has 5 nitrogen and oxygen atoms in total. The lowest BCUT2D eigenvalue weighted by atomic mass is 10.1. The van der Waals surface area contributed by atoms with Gasteiger partial charge in [-0.15, -0.1) is 0 Å². The number of halogens is 6. The third kappa shape index (κ3) is 5.53. The van der Waals surface area contributed by atoms with Gasteiger partial charge in [0, 0.05) is 21.7 Å². The maximum Gasteiger partial charge on any atom is 0.433 e. The Hall–Kier alpha value is -1.81. The van der Waals surface area contributed by atoms with Gasteiger partial charge in [-0.25, -0.2) is 9.99 Å². The first-order valence-corrected chi connectivity index (χ1v) is 12.7. The van der Waals surface area contributed by atoms with Gasteiger partial charge in [0.05, 0.1) is 27.8 Å². The van der Waals surface area contributed by atoms with Crippen molar-refractivity contribution in [3.8, 4) is 0 Å². The van der Waals surface area contributed by atoms with Crippen LogP contribution < -0.4 is 10.0 Å². The molecule has 1 aromatic carbocycles. The lowest BCUT2D eigenvalue weighted by Crippen LogP contribution is -2.43. The molecular weight excluding hydrogens is 532 g/mol. The molecule has 34 heavy (non-hydrogen) atoms. The Morgan fingerprint density at radius 2 is 1.76 bits per heavy atom. The van der Waals surface area contributed by atoms with E-state index in [1.54, 1.807) is 6.07 Å². The third-order valence-corrected chi connectivity index (χ3v) is 7.94. The second-order valence-corrected chi connectivity index (χ2v) is 11.9. The van der Waals surface area contributed by atoms with Crippen LogP contribution in [0.4, 0.5) is 24.7 Å². The summed E-state index contributed by atoms with van der Waals surface area (Å²) in [5, 5.41) is 2.23. The first-order valence-electron chi connectivity index (χ1n) is 10.3. The molecule has 2 aromatic rings. The Morgan fingerprint density at radius 1 is 1.12 bits per heavy atom. The van der Waals surface area contributed by atoms with Crippen LogP contribution >= 0.6 is 34.8 Å². The van der Waals surface area contributed by atoms with E-state index in [4.69, 9.17) is 34.8 Å². The summed E-state index contributed by atoms with van der Waals surface area (Å²) in [6, 6.07) is 5.63. The number of benzene rings is 1. The van der Waals surface area contributed by atoms with E-state index in [2.05, 4.69) is 9.35 Å². The minimum absolute atomic E-state index is 0.0586. The minimum atomic E-state index is -4.75. The number of carbonyl (C=O) groups excluding carboxylic acids is 1. The molecule has 0 unspecified atom stereocenters. The normalized spacial score (nSPS) is 14.4. The summed E-state index contributed by atoms with van der Waals surface area (Å²) in [5.41, 5.74) is -1.37. The number of amides is 1. The van der Waals surface area contributed by atoms with E-state index in [9.17, 15) is 18.0 Å². The fraction of sp³-hybridized carbons (Fsp3) is 0.364. The Kier molecular flexibility index (Phi) is 8.22. The number of carbonyl (C=O) groups is 1.